The fourth-order valence-electron chi connectivity index (χ4n) is 3.94. The lowest BCUT2D eigenvalue weighted by Crippen LogP contribution is -3.05. The zero-order valence-electron chi connectivity index (χ0n) is 17.7. The number of nitrogens with zero attached hydrogens (tertiary/aromatic N) is 2. The highest BCUT2D eigenvalue weighted by Crippen LogP contribution is 2.26. The molecule has 1 aromatic carbocycles. The van der Waals surface area contributed by atoms with Crippen LogP contribution in [-0.2, 0) is 0 Å². The smallest absolute Gasteiger partial charge is 0.108 e. The van der Waals surface area contributed by atoms with Crippen LogP contribution >= 0.6 is 0 Å². The number of nitrogen functional groups attached to an aromatic ring is 1. The van der Waals surface area contributed by atoms with Gasteiger partial charge in [-0.3, -0.25) is 0 Å². The number of quaternary nitrogens is 2. The topological polar surface area (TPSA) is 33.7 Å². The first-order chi connectivity index (χ1) is 11.9. The number of nitrogens with one attached hydrogen (secondary N) is 1. The van der Waals surface area contributed by atoms with Gasteiger partial charge in [0.25, 0.3) is 0 Å². The summed E-state index contributed by atoms with van der Waals surface area (Å²) in [5.74, 6) is 0. The summed E-state index contributed by atoms with van der Waals surface area (Å²) in [6.07, 6.45) is 8.21. The van der Waals surface area contributed by atoms with Gasteiger partial charge < -0.3 is 44.8 Å². The number of rotatable bonds is 10. The van der Waals surface area contributed by atoms with Crippen LogP contribution in [0.4, 0.5) is 11.4 Å². The maximum atomic E-state index is 5.81. The number of anilines is 2. The number of likely N-dealkylation sites (N-methyl/N-ethyl adjacent to an activating group) is 1. The van der Waals surface area contributed by atoms with Gasteiger partial charge in [0.2, 0.25) is 0 Å². The Bertz CT molecular complexity index is 505. The molecule has 0 saturated carbocycles. The Kier molecular flexibility index (Phi) is 12.4. The van der Waals surface area contributed by atoms with Crippen molar-refractivity contribution in [1.29, 1.82) is 0 Å². The summed E-state index contributed by atoms with van der Waals surface area (Å²) in [4.78, 5) is 4.10. The fourth-order valence-corrected chi connectivity index (χ4v) is 3.94. The molecular weight excluding hydrogens is 379 g/mol. The van der Waals surface area contributed by atoms with Gasteiger partial charge in [-0.25, -0.2) is 0 Å². The van der Waals surface area contributed by atoms with Crippen molar-refractivity contribution in [1.82, 2.24) is 0 Å². The molecule has 0 spiro atoms. The SMILES string of the molecule is C[NH+](C)CCCCCCC[N+](C)(C)C1CCN(c2ccc(N)cc2)C1.[Cl-].[Cl-]. The molecule has 1 aliphatic heterocycles. The van der Waals surface area contributed by atoms with E-state index in [1.165, 1.54) is 70.4 Å². The Balaban J connectivity index is 0.00000338. The molecule has 27 heavy (non-hydrogen) atoms. The molecule has 1 fully saturated rings. The molecule has 4 nitrogen and oxygen atoms in total. The van der Waals surface area contributed by atoms with Gasteiger partial charge in [0, 0.05) is 24.3 Å². The molecule has 158 valence electrons. The standard InChI is InChI=1S/C21H39N4.2ClH/c1-23(2)15-8-6-5-7-9-17-25(3,4)21-14-16-24(18-21)20-12-10-19(22)11-13-20;;/h10-13,21H,5-9,14-18,22H2,1-4H3;2*1H/q+1;;/p-1. The molecule has 1 unspecified atom stereocenters. The highest BCUT2D eigenvalue weighted by Gasteiger charge is 2.34. The van der Waals surface area contributed by atoms with Gasteiger partial charge in [-0.05, 0) is 49.9 Å². The van der Waals surface area contributed by atoms with E-state index in [-0.39, 0.29) is 24.8 Å². The Morgan fingerprint density at radius 3 is 2.22 bits per heavy atom. The first-order valence-corrected chi connectivity index (χ1v) is 10.1. The number of benzene rings is 1. The monoisotopic (exact) mass is 418 g/mol. The van der Waals surface area contributed by atoms with Gasteiger partial charge in [-0.2, -0.15) is 0 Å². The van der Waals surface area contributed by atoms with E-state index in [0.717, 1.165) is 16.2 Å². The van der Waals surface area contributed by atoms with Crippen LogP contribution in [0.3, 0.4) is 0 Å². The first-order valence-electron chi connectivity index (χ1n) is 10.1. The van der Waals surface area contributed by atoms with Gasteiger partial charge in [-0.15, -0.1) is 0 Å². The van der Waals surface area contributed by atoms with Crippen molar-refractivity contribution in [3.63, 3.8) is 0 Å². The third-order valence-corrected chi connectivity index (χ3v) is 5.82. The maximum Gasteiger partial charge on any atom is 0.108 e. The summed E-state index contributed by atoms with van der Waals surface area (Å²) in [6, 6.07) is 9.09. The Morgan fingerprint density at radius 1 is 1.00 bits per heavy atom. The average molecular weight is 419 g/mol. The van der Waals surface area contributed by atoms with Crippen LogP contribution in [0.1, 0.15) is 38.5 Å². The van der Waals surface area contributed by atoms with Gasteiger partial charge in [0.05, 0.1) is 47.8 Å². The normalized spacial score (nSPS) is 16.9. The quantitative estimate of drug-likeness (QED) is 0.231. The second-order valence-electron chi connectivity index (χ2n) is 8.71. The van der Waals surface area contributed by atoms with E-state index in [4.69, 9.17) is 5.73 Å². The number of hydrogen-bond donors (Lipinski definition) is 2. The van der Waals surface area contributed by atoms with Crippen molar-refractivity contribution in [3.8, 4) is 0 Å². The lowest BCUT2D eigenvalue weighted by atomic mass is 10.1. The Morgan fingerprint density at radius 2 is 1.59 bits per heavy atom. The molecule has 1 aromatic rings. The number of hydrogen-bond acceptors (Lipinski definition) is 2. The minimum atomic E-state index is 0. The second kappa shape index (κ2) is 12.7. The van der Waals surface area contributed by atoms with Crippen LogP contribution in [-0.4, -0.2) is 64.9 Å². The Labute approximate surface area is 179 Å². The van der Waals surface area contributed by atoms with E-state index < -0.39 is 0 Å². The van der Waals surface area contributed by atoms with Crippen LogP contribution in [0.25, 0.3) is 0 Å². The lowest BCUT2D eigenvalue weighted by Gasteiger charge is -2.36. The zero-order chi connectivity index (χ0) is 18.3. The predicted octanol–water partition coefficient (Wildman–Crippen LogP) is -3.97. The van der Waals surface area contributed by atoms with Gasteiger partial charge in [-0.1, -0.05) is 6.42 Å². The summed E-state index contributed by atoms with van der Waals surface area (Å²) in [5, 5.41) is 0. The van der Waals surface area contributed by atoms with Crippen LogP contribution in [0.2, 0.25) is 0 Å². The van der Waals surface area contributed by atoms with E-state index in [0.29, 0.717) is 0 Å². The van der Waals surface area contributed by atoms with E-state index >= 15 is 0 Å². The molecule has 1 atom stereocenters. The van der Waals surface area contributed by atoms with E-state index in [2.05, 4.69) is 45.2 Å². The van der Waals surface area contributed by atoms with Crippen LogP contribution in [0, 0.1) is 0 Å². The molecule has 1 saturated heterocycles. The third-order valence-electron chi connectivity index (χ3n) is 5.82. The van der Waals surface area contributed by atoms with Gasteiger partial charge >= 0.3 is 0 Å². The zero-order valence-corrected chi connectivity index (χ0v) is 19.2. The summed E-state index contributed by atoms with van der Waals surface area (Å²) >= 11 is 0. The molecular formula is C21H40Cl2N4. The summed E-state index contributed by atoms with van der Waals surface area (Å²) in [6.45, 7) is 4.95. The minimum absolute atomic E-state index is 0. The Hall–Kier alpha value is -0.680. The van der Waals surface area contributed by atoms with Gasteiger partial charge in [0.15, 0.2) is 0 Å². The van der Waals surface area contributed by atoms with Crippen LogP contribution < -0.4 is 40.3 Å². The maximum absolute atomic E-state index is 5.81. The van der Waals surface area contributed by atoms with Gasteiger partial charge in [0.1, 0.15) is 6.04 Å². The molecule has 0 aliphatic carbocycles. The number of nitrogens with two attached hydrogens (primary N) is 1. The van der Waals surface area contributed by atoms with Crippen LogP contribution in [0.5, 0.6) is 0 Å². The fraction of sp³-hybridized carbons (Fsp3) is 0.714. The van der Waals surface area contributed by atoms with Crippen molar-refractivity contribution in [2.24, 2.45) is 0 Å². The molecule has 3 N–H and O–H groups in total. The average Bonchev–Trinajstić information content (AvgIpc) is 3.05. The van der Waals surface area contributed by atoms with E-state index in [9.17, 15) is 0 Å². The molecule has 1 aliphatic rings. The molecule has 2 rings (SSSR count). The van der Waals surface area contributed by atoms with Crippen molar-refractivity contribution < 1.29 is 34.2 Å². The third kappa shape index (κ3) is 8.91. The molecule has 0 radical (unpaired) electrons. The molecule has 0 amide bonds. The molecule has 0 bridgehead atoms. The summed E-state index contributed by atoms with van der Waals surface area (Å²) in [5.41, 5.74) is 7.98. The number of unbranched alkanes of at least 4 members (excludes halogenated alkanes) is 4. The first kappa shape index (κ1) is 26.3. The van der Waals surface area contributed by atoms with E-state index in [1.807, 2.05) is 12.1 Å². The predicted molar refractivity (Wildman–Crippen MR) is 109 cm³/mol. The largest absolute Gasteiger partial charge is 1.00 e. The lowest BCUT2D eigenvalue weighted by molar-refractivity contribution is -0.912. The summed E-state index contributed by atoms with van der Waals surface area (Å²) < 4.78 is 1.16. The van der Waals surface area contributed by atoms with Crippen molar-refractivity contribution in [2.45, 2.75) is 44.6 Å². The molecule has 6 heteroatoms. The highest BCUT2D eigenvalue weighted by atomic mass is 35.5. The van der Waals surface area contributed by atoms with Crippen molar-refractivity contribution in [2.75, 3.05) is 65.0 Å². The van der Waals surface area contributed by atoms with Crippen LogP contribution in [0.15, 0.2) is 24.3 Å². The number of halogens is 2. The summed E-state index contributed by atoms with van der Waals surface area (Å²) in [7, 11) is 9.34. The molecule has 1 heterocycles. The van der Waals surface area contributed by atoms with E-state index in [1.54, 1.807) is 4.90 Å². The van der Waals surface area contributed by atoms with Crippen molar-refractivity contribution in [3.05, 3.63) is 24.3 Å². The second-order valence-corrected chi connectivity index (χ2v) is 8.71. The highest BCUT2D eigenvalue weighted by molar-refractivity contribution is 5.53. The van der Waals surface area contributed by atoms with Crippen molar-refractivity contribution >= 4 is 11.4 Å². The minimum Gasteiger partial charge on any atom is -1.00 e. The molecule has 0 aromatic heterocycles.